The van der Waals surface area contributed by atoms with Gasteiger partial charge < -0.3 is 15.4 Å². The number of ether oxygens (including phenoxy) is 1. The van der Waals surface area contributed by atoms with Crippen LogP contribution in [0, 0.1) is 11.3 Å². The zero-order valence-electron chi connectivity index (χ0n) is 19.6. The van der Waals surface area contributed by atoms with Gasteiger partial charge in [0, 0.05) is 30.2 Å². The van der Waals surface area contributed by atoms with Crippen molar-refractivity contribution in [3.05, 3.63) is 76.5 Å². The number of allylic oxidation sites excluding steroid dienone is 1. The third kappa shape index (κ3) is 7.66. The monoisotopic (exact) mass is 472 g/mol. The summed E-state index contributed by atoms with van der Waals surface area (Å²) >= 11 is 0. The number of hydrogen-bond acceptors (Lipinski definition) is 5. The molecule has 0 saturated carbocycles. The molecular formula is C25H27F3N4O2. The van der Waals surface area contributed by atoms with E-state index in [4.69, 9.17) is 10.00 Å². The summed E-state index contributed by atoms with van der Waals surface area (Å²) in [4.78, 5) is 16.7. The summed E-state index contributed by atoms with van der Waals surface area (Å²) < 4.78 is 44.8. The second-order valence-electron chi connectivity index (χ2n) is 8.48. The van der Waals surface area contributed by atoms with Crippen LogP contribution in [-0.2, 0) is 10.9 Å². The van der Waals surface area contributed by atoms with Crippen molar-refractivity contribution in [1.29, 1.82) is 5.26 Å². The third-order valence-electron chi connectivity index (χ3n) is 4.57. The molecule has 2 rings (SSSR count). The summed E-state index contributed by atoms with van der Waals surface area (Å²) in [7, 11) is 1.54. The van der Waals surface area contributed by atoms with Crippen LogP contribution in [0.1, 0.15) is 50.4 Å². The van der Waals surface area contributed by atoms with Crippen molar-refractivity contribution in [1.82, 2.24) is 5.32 Å². The van der Waals surface area contributed by atoms with Gasteiger partial charge in [0.25, 0.3) is 0 Å². The van der Waals surface area contributed by atoms with Gasteiger partial charge in [0.1, 0.15) is 5.60 Å². The molecule has 2 aromatic carbocycles. The number of nitrogens with zero attached hydrogens (tertiary/aromatic N) is 2. The number of halogens is 3. The van der Waals surface area contributed by atoms with Crippen molar-refractivity contribution in [2.24, 2.45) is 4.99 Å². The molecule has 0 heterocycles. The molecule has 9 heteroatoms. The predicted molar refractivity (Wildman–Crippen MR) is 125 cm³/mol. The SMILES string of the molecule is CN=C/C(=C(\C)Nc1cccc(C(F)(F)F)c1)[C@H](NC(=O)OC(C)(C)C)c1ccc(C#N)cc1. The third-order valence-corrected chi connectivity index (χ3v) is 4.57. The topological polar surface area (TPSA) is 86.5 Å². The second-order valence-corrected chi connectivity index (χ2v) is 8.48. The summed E-state index contributed by atoms with van der Waals surface area (Å²) in [6.45, 7) is 6.86. The maximum Gasteiger partial charge on any atom is 0.416 e. The van der Waals surface area contributed by atoms with Gasteiger partial charge in [-0.15, -0.1) is 0 Å². The van der Waals surface area contributed by atoms with Crippen LogP contribution in [0.25, 0.3) is 0 Å². The number of benzene rings is 2. The summed E-state index contributed by atoms with van der Waals surface area (Å²) in [6.07, 6.45) is -3.65. The van der Waals surface area contributed by atoms with E-state index >= 15 is 0 Å². The van der Waals surface area contributed by atoms with E-state index < -0.39 is 29.5 Å². The zero-order chi connectivity index (χ0) is 25.5. The van der Waals surface area contributed by atoms with Crippen LogP contribution in [-0.4, -0.2) is 25.0 Å². The number of alkyl carbamates (subject to hydrolysis) is 1. The molecule has 0 bridgehead atoms. The van der Waals surface area contributed by atoms with E-state index in [0.29, 0.717) is 22.4 Å². The number of nitrogens with one attached hydrogen (secondary N) is 2. The summed E-state index contributed by atoms with van der Waals surface area (Å²) in [5, 5.41) is 14.9. The minimum atomic E-state index is -4.48. The Morgan fingerprint density at radius 3 is 2.32 bits per heavy atom. The molecular weight excluding hydrogens is 445 g/mol. The summed E-state index contributed by atoms with van der Waals surface area (Å²) in [5.41, 5.74) is 0.730. The molecule has 2 N–H and O–H groups in total. The Morgan fingerprint density at radius 1 is 1.15 bits per heavy atom. The van der Waals surface area contributed by atoms with Gasteiger partial charge in [-0.2, -0.15) is 18.4 Å². The van der Waals surface area contributed by atoms with Gasteiger partial charge in [0.05, 0.1) is 23.2 Å². The van der Waals surface area contributed by atoms with E-state index in [0.717, 1.165) is 12.1 Å². The van der Waals surface area contributed by atoms with Crippen molar-refractivity contribution < 1.29 is 22.7 Å². The van der Waals surface area contributed by atoms with Gasteiger partial charge in [0.2, 0.25) is 0 Å². The largest absolute Gasteiger partial charge is 0.444 e. The van der Waals surface area contributed by atoms with Crippen molar-refractivity contribution in [2.45, 2.75) is 45.5 Å². The lowest BCUT2D eigenvalue weighted by Crippen LogP contribution is -2.36. The number of carbonyl (C=O) groups is 1. The Balaban J connectivity index is 2.52. The molecule has 0 aliphatic heterocycles. The molecule has 2 aromatic rings. The molecule has 0 radical (unpaired) electrons. The molecule has 34 heavy (non-hydrogen) atoms. The van der Waals surface area contributed by atoms with Crippen LogP contribution in [0.4, 0.5) is 23.7 Å². The number of amides is 1. The van der Waals surface area contributed by atoms with Crippen LogP contribution in [0.5, 0.6) is 0 Å². The van der Waals surface area contributed by atoms with E-state index in [1.807, 2.05) is 6.07 Å². The summed E-state index contributed by atoms with van der Waals surface area (Å²) in [5.74, 6) is 0. The van der Waals surface area contributed by atoms with E-state index in [2.05, 4.69) is 15.6 Å². The van der Waals surface area contributed by atoms with E-state index in [1.165, 1.54) is 18.3 Å². The van der Waals surface area contributed by atoms with Gasteiger partial charge in [-0.05, 0) is 63.6 Å². The molecule has 1 atom stereocenters. The van der Waals surface area contributed by atoms with Gasteiger partial charge >= 0.3 is 12.3 Å². The molecule has 6 nitrogen and oxygen atoms in total. The highest BCUT2D eigenvalue weighted by atomic mass is 19.4. The highest BCUT2D eigenvalue weighted by Gasteiger charge is 2.30. The molecule has 1 amide bonds. The first-order chi connectivity index (χ1) is 15.8. The first-order valence-electron chi connectivity index (χ1n) is 10.4. The number of aliphatic imine (C=N–C) groups is 1. The minimum absolute atomic E-state index is 0.227. The number of alkyl halides is 3. The zero-order valence-corrected chi connectivity index (χ0v) is 19.6. The fourth-order valence-corrected chi connectivity index (χ4v) is 3.11. The lowest BCUT2D eigenvalue weighted by molar-refractivity contribution is -0.137. The van der Waals surface area contributed by atoms with Gasteiger partial charge in [-0.25, -0.2) is 4.79 Å². The second kappa shape index (κ2) is 10.9. The number of rotatable bonds is 6. The van der Waals surface area contributed by atoms with Gasteiger partial charge in [-0.1, -0.05) is 18.2 Å². The Hall–Kier alpha value is -3.80. The number of hydrogen-bond donors (Lipinski definition) is 2. The average Bonchev–Trinajstić information content (AvgIpc) is 2.74. The lowest BCUT2D eigenvalue weighted by atomic mass is 9.96. The Kier molecular flexibility index (Phi) is 8.46. The highest BCUT2D eigenvalue weighted by Crippen LogP contribution is 2.32. The van der Waals surface area contributed by atoms with E-state index in [1.54, 1.807) is 59.0 Å². The van der Waals surface area contributed by atoms with Crippen LogP contribution < -0.4 is 10.6 Å². The van der Waals surface area contributed by atoms with Crippen molar-refractivity contribution in [3.63, 3.8) is 0 Å². The number of anilines is 1. The highest BCUT2D eigenvalue weighted by molar-refractivity contribution is 5.84. The minimum Gasteiger partial charge on any atom is -0.444 e. The molecule has 0 aliphatic rings. The maximum atomic E-state index is 13.1. The van der Waals surface area contributed by atoms with Crippen molar-refractivity contribution in [3.8, 4) is 6.07 Å². The molecule has 0 aliphatic carbocycles. The standard InChI is InChI=1S/C25H27F3N4O2/c1-16(31-20-8-6-7-19(13-20)25(26,27)28)21(15-30-5)22(32-23(33)34-24(2,3)4)18-11-9-17(14-29)10-12-18/h6-13,15,22,31H,1-5H3,(H,32,33)/b21-16-,30-15?/t22-/m1/s1. The lowest BCUT2D eigenvalue weighted by Gasteiger charge is -2.26. The van der Waals surface area contributed by atoms with E-state index in [9.17, 15) is 18.0 Å². The van der Waals surface area contributed by atoms with Crippen LogP contribution in [0.15, 0.2) is 64.8 Å². The molecule has 0 spiro atoms. The fourth-order valence-electron chi connectivity index (χ4n) is 3.11. The van der Waals surface area contributed by atoms with Crippen molar-refractivity contribution in [2.75, 3.05) is 12.4 Å². The van der Waals surface area contributed by atoms with Crippen LogP contribution in [0.2, 0.25) is 0 Å². The van der Waals surface area contributed by atoms with Crippen LogP contribution >= 0.6 is 0 Å². The quantitative estimate of drug-likeness (QED) is 0.488. The Bertz CT molecular complexity index is 1110. The first kappa shape index (κ1) is 26.5. The Labute approximate surface area is 197 Å². The molecule has 0 fully saturated rings. The molecule has 0 unspecified atom stereocenters. The summed E-state index contributed by atoms with van der Waals surface area (Å²) in [6, 6.07) is 12.7. The average molecular weight is 473 g/mol. The van der Waals surface area contributed by atoms with E-state index in [-0.39, 0.29) is 5.69 Å². The van der Waals surface area contributed by atoms with Crippen molar-refractivity contribution >= 4 is 18.0 Å². The fraction of sp³-hybridized carbons (Fsp3) is 0.320. The van der Waals surface area contributed by atoms with Gasteiger partial charge in [0.15, 0.2) is 0 Å². The normalized spacial score (nSPS) is 13.6. The predicted octanol–water partition coefficient (Wildman–Crippen LogP) is 6.23. The molecule has 0 aromatic heterocycles. The smallest absolute Gasteiger partial charge is 0.416 e. The van der Waals surface area contributed by atoms with Crippen LogP contribution in [0.3, 0.4) is 0 Å². The van der Waals surface area contributed by atoms with Gasteiger partial charge in [-0.3, -0.25) is 4.99 Å². The maximum absolute atomic E-state index is 13.1. The number of carbonyl (C=O) groups excluding carboxylic acids is 1. The Morgan fingerprint density at radius 2 is 1.79 bits per heavy atom. The first-order valence-corrected chi connectivity index (χ1v) is 10.4. The molecule has 0 saturated heterocycles. The molecule has 180 valence electrons. The number of nitriles is 1.